The summed E-state index contributed by atoms with van der Waals surface area (Å²) in [6.45, 7) is 4.30. The molecule has 3 heterocycles. The van der Waals surface area contributed by atoms with Crippen LogP contribution in [-0.4, -0.2) is 49.2 Å². The van der Waals surface area contributed by atoms with Crippen LogP contribution < -0.4 is 0 Å². The number of nitrogens with zero attached hydrogens (tertiary/aromatic N) is 4. The molecular formula is C16H18N4O3. The molecule has 0 radical (unpaired) electrons. The predicted octanol–water partition coefficient (Wildman–Crippen LogP) is 1.57. The lowest BCUT2D eigenvalue weighted by Gasteiger charge is -2.21. The van der Waals surface area contributed by atoms with Crippen molar-refractivity contribution in [3.63, 3.8) is 0 Å². The van der Waals surface area contributed by atoms with Gasteiger partial charge in [-0.3, -0.25) is 4.79 Å². The van der Waals surface area contributed by atoms with E-state index in [4.69, 9.17) is 0 Å². The molecule has 2 aromatic rings. The Kier molecular flexibility index (Phi) is 3.85. The van der Waals surface area contributed by atoms with Crippen LogP contribution in [-0.2, 0) is 4.79 Å². The minimum atomic E-state index is -0.955. The average Bonchev–Trinajstić information content (AvgIpc) is 3.13. The number of rotatable bonds is 3. The van der Waals surface area contributed by atoms with Crippen molar-refractivity contribution in [3.05, 3.63) is 41.3 Å². The van der Waals surface area contributed by atoms with Crippen LogP contribution in [0.3, 0.4) is 0 Å². The summed E-state index contributed by atoms with van der Waals surface area (Å²) in [4.78, 5) is 29.4. The van der Waals surface area contributed by atoms with E-state index in [-0.39, 0.29) is 5.91 Å². The van der Waals surface area contributed by atoms with Gasteiger partial charge < -0.3 is 10.0 Å². The molecule has 1 atom stereocenters. The summed E-state index contributed by atoms with van der Waals surface area (Å²) in [6, 6.07) is 4.59. The third kappa shape index (κ3) is 2.81. The second-order valence-electron chi connectivity index (χ2n) is 5.74. The lowest BCUT2D eigenvalue weighted by atomic mass is 10.2. The number of aryl methyl sites for hydroxylation is 2. The van der Waals surface area contributed by atoms with Gasteiger partial charge in [-0.15, -0.1) is 0 Å². The van der Waals surface area contributed by atoms with Crippen molar-refractivity contribution in [1.82, 2.24) is 19.7 Å². The molecule has 0 aliphatic carbocycles. The van der Waals surface area contributed by atoms with E-state index in [0.717, 1.165) is 11.4 Å². The summed E-state index contributed by atoms with van der Waals surface area (Å²) in [6.07, 6.45) is 2.68. The van der Waals surface area contributed by atoms with Crippen LogP contribution in [0.1, 0.15) is 34.6 Å². The summed E-state index contributed by atoms with van der Waals surface area (Å²) in [5.74, 6) is -0.617. The molecule has 23 heavy (non-hydrogen) atoms. The summed E-state index contributed by atoms with van der Waals surface area (Å²) >= 11 is 0. The van der Waals surface area contributed by atoms with Crippen molar-refractivity contribution < 1.29 is 14.7 Å². The van der Waals surface area contributed by atoms with Gasteiger partial charge in [0.15, 0.2) is 5.82 Å². The molecule has 1 aliphatic heterocycles. The summed E-state index contributed by atoms with van der Waals surface area (Å²) in [5.41, 5.74) is 2.24. The number of aliphatic carboxylic acids is 1. The van der Waals surface area contributed by atoms with E-state index in [1.165, 1.54) is 11.1 Å². The fourth-order valence-corrected chi connectivity index (χ4v) is 2.93. The maximum atomic E-state index is 12.5. The molecule has 1 amide bonds. The molecule has 7 heteroatoms. The van der Waals surface area contributed by atoms with E-state index in [2.05, 4.69) is 10.1 Å². The highest BCUT2D eigenvalue weighted by atomic mass is 16.4. The molecular weight excluding hydrogens is 296 g/mol. The van der Waals surface area contributed by atoms with Crippen LogP contribution in [0.25, 0.3) is 5.82 Å². The highest BCUT2D eigenvalue weighted by molar-refractivity contribution is 5.96. The molecule has 0 aromatic carbocycles. The zero-order valence-corrected chi connectivity index (χ0v) is 13.1. The van der Waals surface area contributed by atoms with Gasteiger partial charge in [-0.25, -0.2) is 14.5 Å². The first-order valence-corrected chi connectivity index (χ1v) is 7.51. The number of carboxylic acids is 1. The van der Waals surface area contributed by atoms with Crippen molar-refractivity contribution in [1.29, 1.82) is 0 Å². The highest BCUT2D eigenvalue weighted by Crippen LogP contribution is 2.20. The Morgan fingerprint density at radius 2 is 2.09 bits per heavy atom. The minimum Gasteiger partial charge on any atom is -0.480 e. The van der Waals surface area contributed by atoms with E-state index in [9.17, 15) is 14.7 Å². The first kappa shape index (κ1) is 15.2. The van der Waals surface area contributed by atoms with Crippen molar-refractivity contribution in [2.75, 3.05) is 6.54 Å². The van der Waals surface area contributed by atoms with E-state index in [1.807, 2.05) is 19.9 Å². The van der Waals surface area contributed by atoms with Crippen LogP contribution in [0.2, 0.25) is 0 Å². The zero-order chi connectivity index (χ0) is 16.6. The van der Waals surface area contributed by atoms with Gasteiger partial charge in [-0.2, -0.15) is 5.10 Å². The van der Waals surface area contributed by atoms with Gasteiger partial charge in [-0.1, -0.05) is 0 Å². The normalized spacial score (nSPS) is 17.5. The maximum absolute atomic E-state index is 12.5. The van der Waals surface area contributed by atoms with Crippen molar-refractivity contribution in [3.8, 4) is 5.82 Å². The Bertz CT molecular complexity index is 751. The first-order valence-electron chi connectivity index (χ1n) is 7.51. The maximum Gasteiger partial charge on any atom is 0.326 e. The zero-order valence-electron chi connectivity index (χ0n) is 13.1. The summed E-state index contributed by atoms with van der Waals surface area (Å²) < 4.78 is 1.71. The number of likely N-dealkylation sites (tertiary alicyclic amines) is 1. The number of amides is 1. The second-order valence-corrected chi connectivity index (χ2v) is 5.74. The van der Waals surface area contributed by atoms with Gasteiger partial charge in [0.05, 0.1) is 11.3 Å². The van der Waals surface area contributed by atoms with Crippen LogP contribution in [0, 0.1) is 13.8 Å². The van der Waals surface area contributed by atoms with Crippen molar-refractivity contribution >= 4 is 11.9 Å². The Morgan fingerprint density at radius 3 is 2.65 bits per heavy atom. The van der Waals surface area contributed by atoms with E-state index in [1.54, 1.807) is 16.8 Å². The van der Waals surface area contributed by atoms with Gasteiger partial charge in [0.2, 0.25) is 0 Å². The molecule has 0 saturated carbocycles. The average molecular weight is 314 g/mol. The lowest BCUT2D eigenvalue weighted by Crippen LogP contribution is -2.40. The molecule has 1 saturated heterocycles. The molecule has 0 bridgehead atoms. The predicted molar refractivity (Wildman–Crippen MR) is 82.5 cm³/mol. The summed E-state index contributed by atoms with van der Waals surface area (Å²) in [5, 5.41) is 13.5. The molecule has 1 fully saturated rings. The molecule has 7 nitrogen and oxygen atoms in total. The van der Waals surface area contributed by atoms with Crippen LogP contribution >= 0.6 is 0 Å². The number of hydrogen-bond acceptors (Lipinski definition) is 4. The van der Waals surface area contributed by atoms with E-state index in [0.29, 0.717) is 30.8 Å². The number of pyridine rings is 1. The number of hydrogen-bond donors (Lipinski definition) is 1. The van der Waals surface area contributed by atoms with Gasteiger partial charge in [-0.05, 0) is 44.9 Å². The highest BCUT2D eigenvalue weighted by Gasteiger charge is 2.34. The topological polar surface area (TPSA) is 88.3 Å². The van der Waals surface area contributed by atoms with Gasteiger partial charge in [0.1, 0.15) is 6.04 Å². The molecule has 2 aromatic heterocycles. The quantitative estimate of drug-likeness (QED) is 0.929. The van der Waals surface area contributed by atoms with Gasteiger partial charge >= 0.3 is 5.97 Å². The lowest BCUT2D eigenvalue weighted by molar-refractivity contribution is -0.141. The molecule has 3 rings (SSSR count). The standard InChI is InChI=1S/C16H18N4O3/c1-10-8-11(2)20(18-10)14-6-5-12(9-17-14)15(21)19-7-3-4-13(19)16(22)23/h5-6,8-9,13H,3-4,7H2,1-2H3,(H,22,23)/t13-/m1/s1. The Balaban J connectivity index is 1.83. The number of aromatic nitrogens is 3. The SMILES string of the molecule is Cc1cc(C)n(-c2ccc(C(=O)N3CCC[C@@H]3C(=O)O)cn2)n1. The smallest absolute Gasteiger partial charge is 0.326 e. The molecule has 1 aliphatic rings. The number of carbonyl (C=O) groups excluding carboxylic acids is 1. The Labute approximate surface area is 133 Å². The molecule has 1 N–H and O–H groups in total. The van der Waals surface area contributed by atoms with Gasteiger partial charge in [0, 0.05) is 18.4 Å². The molecule has 0 spiro atoms. The van der Waals surface area contributed by atoms with Crippen LogP contribution in [0.15, 0.2) is 24.4 Å². The van der Waals surface area contributed by atoms with Crippen LogP contribution in [0.5, 0.6) is 0 Å². The van der Waals surface area contributed by atoms with Crippen LogP contribution in [0.4, 0.5) is 0 Å². The Morgan fingerprint density at radius 1 is 1.30 bits per heavy atom. The van der Waals surface area contributed by atoms with Gasteiger partial charge in [0.25, 0.3) is 5.91 Å². The number of carbonyl (C=O) groups is 2. The fraction of sp³-hybridized carbons (Fsp3) is 0.375. The molecule has 120 valence electrons. The second kappa shape index (κ2) is 5.83. The number of carboxylic acid groups (broad SMARTS) is 1. The van der Waals surface area contributed by atoms with Crippen molar-refractivity contribution in [2.45, 2.75) is 32.7 Å². The molecule has 0 unspecified atom stereocenters. The largest absolute Gasteiger partial charge is 0.480 e. The third-order valence-corrected chi connectivity index (χ3v) is 4.02. The Hall–Kier alpha value is -2.70. The van der Waals surface area contributed by atoms with Crippen molar-refractivity contribution in [2.24, 2.45) is 0 Å². The fourth-order valence-electron chi connectivity index (χ4n) is 2.93. The van der Waals surface area contributed by atoms with E-state index < -0.39 is 12.0 Å². The first-order chi connectivity index (χ1) is 11.0. The minimum absolute atomic E-state index is 0.290. The summed E-state index contributed by atoms with van der Waals surface area (Å²) in [7, 11) is 0. The third-order valence-electron chi connectivity index (χ3n) is 4.02. The van der Waals surface area contributed by atoms with E-state index >= 15 is 0 Å². The monoisotopic (exact) mass is 314 g/mol.